The molecule has 5 aliphatic rings. The van der Waals surface area contributed by atoms with Crippen molar-refractivity contribution in [1.29, 1.82) is 10.5 Å². The molecule has 1 saturated carbocycles. The maximum Gasteiger partial charge on any atom is 0.410 e. The fraction of sp³-hybridized carbons (Fsp3) is 0.650. The third-order valence-corrected chi connectivity index (χ3v) is 20.0. The van der Waals surface area contributed by atoms with Gasteiger partial charge in [-0.25, -0.2) is 24.7 Å². The van der Waals surface area contributed by atoms with Gasteiger partial charge >= 0.3 is 6.09 Å². The minimum Gasteiger partial charge on any atom is -0.444 e. The second-order valence-corrected chi connectivity index (χ2v) is 38.0. The smallest absolute Gasteiger partial charge is 0.410 e. The Hall–Kier alpha value is -5.86. The van der Waals surface area contributed by atoms with Crippen molar-refractivity contribution < 1.29 is 23.7 Å². The van der Waals surface area contributed by atoms with Gasteiger partial charge in [0.2, 0.25) is 0 Å². The quantitative estimate of drug-likeness (QED) is 0.0579. The summed E-state index contributed by atoms with van der Waals surface area (Å²) in [6.45, 7) is 28.9. The van der Waals surface area contributed by atoms with Crippen LogP contribution in [0.3, 0.4) is 0 Å². The number of nitriles is 2. The number of likely N-dealkylation sites (tertiary alicyclic amines) is 3. The van der Waals surface area contributed by atoms with Crippen LogP contribution >= 0.6 is 0 Å². The van der Waals surface area contributed by atoms with Gasteiger partial charge in [-0.3, -0.25) is 19.2 Å². The highest BCUT2D eigenvalue weighted by Crippen LogP contribution is 2.40. The summed E-state index contributed by atoms with van der Waals surface area (Å²) in [7, 11) is -2.25. The van der Waals surface area contributed by atoms with Crippen molar-refractivity contribution in [1.82, 2.24) is 63.3 Å². The molecular formula is C60H89N15O5Si2. The fourth-order valence-corrected chi connectivity index (χ4v) is 13.3. The van der Waals surface area contributed by atoms with Crippen molar-refractivity contribution in [2.45, 2.75) is 185 Å². The first-order valence-corrected chi connectivity index (χ1v) is 37.3. The van der Waals surface area contributed by atoms with E-state index >= 15 is 0 Å². The lowest BCUT2D eigenvalue weighted by Crippen LogP contribution is -2.66. The summed E-state index contributed by atoms with van der Waals surface area (Å²) in [6.07, 6.45) is 26.6. The van der Waals surface area contributed by atoms with Gasteiger partial charge in [-0.05, 0) is 83.5 Å². The van der Waals surface area contributed by atoms with E-state index in [9.17, 15) is 15.3 Å². The van der Waals surface area contributed by atoms with Crippen LogP contribution < -0.4 is 0 Å². The third kappa shape index (κ3) is 15.1. The van der Waals surface area contributed by atoms with Gasteiger partial charge in [0.1, 0.15) is 54.1 Å². The van der Waals surface area contributed by atoms with E-state index in [-0.39, 0.29) is 17.2 Å². The Morgan fingerprint density at radius 1 is 0.659 bits per heavy atom. The number of aromatic nitrogens is 10. The topological polar surface area (TPSA) is 208 Å². The number of nitrogens with zero attached hydrogens (tertiary/aromatic N) is 15. The van der Waals surface area contributed by atoms with E-state index in [0.29, 0.717) is 51.5 Å². The Balaban J connectivity index is 0.000000184. The van der Waals surface area contributed by atoms with Gasteiger partial charge in [-0.2, -0.15) is 20.7 Å². The lowest BCUT2D eigenvalue weighted by molar-refractivity contribution is -0.0456. The number of hydrogen-bond donors (Lipinski definition) is 0. The summed E-state index contributed by atoms with van der Waals surface area (Å²) in [5.74, 6) is 0. The van der Waals surface area contributed by atoms with E-state index in [1.807, 2.05) is 76.3 Å². The molecule has 0 radical (unpaired) electrons. The van der Waals surface area contributed by atoms with Crippen LogP contribution in [0.15, 0.2) is 62.0 Å². The standard InChI is InChI=1S/C30H44N8O3Si.C26H37N7OSi.C4H8O/c1-29(2,3)41-28(39)35-12-7-24(8-13-35)37-19-30(20-37,10-11-31)38-18-23(17-34-38)26-25-9-14-36(27(25)33-21-32-26)22-40-15-16-42(4,5)6;1-35(2,3)14-13-34-20-31-12-9-23-24(28-19-29-25(23)31)21-15-30-33(16-21)26(10-11-27)17-32(18-26)22-7-5-4-6-8-22;1-2-4-5-3-1/h9,14,17-18,21,24H,7-8,10,12-13,15-16,19-20,22H2,1-6H3;9,12,15-16,19,22H,4-8,10,13-14,17-18,20H2,1-3H3;1-4H2. The Morgan fingerprint density at radius 2 is 1.11 bits per heavy atom. The maximum atomic E-state index is 12.5. The molecule has 20 nitrogen and oxygen atoms in total. The minimum atomic E-state index is -1.14. The molecule has 6 aromatic heterocycles. The van der Waals surface area contributed by atoms with Gasteiger partial charge in [0.05, 0.1) is 48.8 Å². The molecule has 1 amide bonds. The summed E-state index contributed by atoms with van der Waals surface area (Å²) in [4.78, 5) is 37.5. The number of hydrogen-bond acceptors (Lipinski definition) is 15. The number of fused-ring (bicyclic) bond motifs is 2. The molecule has 0 spiro atoms. The van der Waals surface area contributed by atoms with Gasteiger partial charge in [0.15, 0.2) is 0 Å². The molecule has 6 aromatic rings. The molecule has 4 saturated heterocycles. The molecule has 22 heteroatoms. The molecule has 0 aromatic carbocycles. The number of carbonyl (C=O) groups is 1. The van der Waals surface area contributed by atoms with E-state index < -0.39 is 21.7 Å². The van der Waals surface area contributed by atoms with Crippen LogP contribution in [0.1, 0.15) is 91.4 Å². The number of amides is 1. The Labute approximate surface area is 487 Å². The first-order valence-electron chi connectivity index (χ1n) is 29.9. The third-order valence-electron chi connectivity index (χ3n) is 16.6. The largest absolute Gasteiger partial charge is 0.444 e. The Morgan fingerprint density at radius 3 is 1.51 bits per heavy atom. The Kier molecular flexibility index (Phi) is 19.5. The van der Waals surface area contributed by atoms with Crippen LogP contribution in [0.4, 0.5) is 4.79 Å². The van der Waals surface area contributed by atoms with Crippen LogP contribution in [0.2, 0.25) is 51.4 Å². The number of piperidine rings is 1. The highest BCUT2D eigenvalue weighted by Gasteiger charge is 2.49. The van der Waals surface area contributed by atoms with E-state index in [1.165, 1.54) is 44.9 Å². The van der Waals surface area contributed by atoms with Crippen LogP contribution in [-0.2, 0) is 43.5 Å². The molecule has 0 atom stereocenters. The molecule has 0 unspecified atom stereocenters. The monoisotopic (exact) mass is 1160 g/mol. The van der Waals surface area contributed by atoms with Crippen molar-refractivity contribution in [3.05, 3.63) is 62.0 Å². The zero-order valence-corrected chi connectivity index (χ0v) is 52.4. The molecule has 82 heavy (non-hydrogen) atoms. The predicted octanol–water partition coefficient (Wildman–Crippen LogP) is 10.6. The van der Waals surface area contributed by atoms with Gasteiger partial charge in [-0.15, -0.1) is 0 Å². The highest BCUT2D eigenvalue weighted by molar-refractivity contribution is 6.76. The zero-order valence-electron chi connectivity index (χ0n) is 50.4. The summed E-state index contributed by atoms with van der Waals surface area (Å²) in [5.41, 5.74) is 4.15. The van der Waals surface area contributed by atoms with Crippen molar-refractivity contribution in [3.63, 3.8) is 0 Å². The molecule has 10 heterocycles. The number of rotatable bonds is 18. The van der Waals surface area contributed by atoms with Crippen LogP contribution in [-0.4, -0.2) is 169 Å². The molecule has 5 fully saturated rings. The summed E-state index contributed by atoms with van der Waals surface area (Å²) in [6, 6.07) is 12.2. The summed E-state index contributed by atoms with van der Waals surface area (Å²) >= 11 is 0. The maximum absolute atomic E-state index is 12.5. The number of ether oxygens (including phenoxy) is 4. The first kappa shape index (κ1) is 60.7. The van der Waals surface area contributed by atoms with E-state index in [2.05, 4.69) is 93.4 Å². The summed E-state index contributed by atoms with van der Waals surface area (Å²) < 4.78 is 30.4. The van der Waals surface area contributed by atoms with Gasteiger partial charge in [0, 0.05) is 141 Å². The first-order chi connectivity index (χ1) is 39.3. The summed E-state index contributed by atoms with van der Waals surface area (Å²) in [5, 5.41) is 30.7. The lowest BCUT2D eigenvalue weighted by atomic mass is 9.82. The highest BCUT2D eigenvalue weighted by atomic mass is 28.3. The SMILES string of the molecule is C1CCOC1.CC(C)(C)OC(=O)N1CCC(N2CC(CC#N)(n3cc(-c4ncnc5c4ccn5COCC[Si](C)(C)C)cn3)C2)CC1.C[Si](C)(C)CCOCn1ccc2c(-c3cnn(C4(CC#N)CN(C5CCCCC5)C4)c3)ncnc21. The van der Waals surface area contributed by atoms with Crippen LogP contribution in [0.25, 0.3) is 44.6 Å². The Bertz CT molecular complexity index is 3120. The van der Waals surface area contributed by atoms with E-state index in [4.69, 9.17) is 29.1 Å². The fourth-order valence-electron chi connectivity index (χ4n) is 11.8. The molecule has 0 bridgehead atoms. The van der Waals surface area contributed by atoms with E-state index in [0.717, 1.165) is 122 Å². The predicted molar refractivity (Wildman–Crippen MR) is 323 cm³/mol. The normalized spacial score (nSPS) is 18.9. The second kappa shape index (κ2) is 26.4. The average molecular weight is 1160 g/mol. The average Bonchev–Trinajstić information content (AvgIpc) is 2.34. The molecule has 1 aliphatic carbocycles. The van der Waals surface area contributed by atoms with E-state index in [1.54, 1.807) is 17.6 Å². The van der Waals surface area contributed by atoms with Crippen molar-refractivity contribution >= 4 is 44.3 Å². The number of carbonyl (C=O) groups excluding carboxylic acids is 1. The van der Waals surface area contributed by atoms with Crippen molar-refractivity contribution in [2.24, 2.45) is 0 Å². The minimum absolute atomic E-state index is 0.240. The molecular weight excluding hydrogens is 1070 g/mol. The molecule has 11 rings (SSSR count). The van der Waals surface area contributed by atoms with Crippen molar-refractivity contribution in [2.75, 3.05) is 65.7 Å². The van der Waals surface area contributed by atoms with Crippen LogP contribution in [0, 0.1) is 22.7 Å². The second-order valence-electron chi connectivity index (χ2n) is 26.8. The molecule has 4 aliphatic heterocycles. The van der Waals surface area contributed by atoms with Gasteiger partial charge in [-0.1, -0.05) is 58.5 Å². The van der Waals surface area contributed by atoms with Gasteiger partial charge < -0.3 is 33.0 Å². The molecule has 442 valence electrons. The zero-order chi connectivity index (χ0) is 58.1. The molecule has 0 N–H and O–H groups in total. The van der Waals surface area contributed by atoms with Crippen LogP contribution in [0.5, 0.6) is 0 Å². The lowest BCUT2D eigenvalue weighted by Gasteiger charge is -2.53. The van der Waals surface area contributed by atoms with Gasteiger partial charge in [0.25, 0.3) is 0 Å². The van der Waals surface area contributed by atoms with Crippen molar-refractivity contribution in [3.8, 4) is 34.7 Å².